The molecule has 0 saturated carbocycles. The lowest BCUT2D eigenvalue weighted by molar-refractivity contribution is -0.113. The molecule has 0 saturated heterocycles. The standard InChI is InChI=1S/C16H15ClFNO2/c1-11-8-13(6-7-15(11)19-16(20)9-17)21-10-12-4-2-3-5-14(12)18/h2-8H,9-10H2,1H3,(H,19,20). The van der Waals surface area contributed by atoms with Crippen molar-refractivity contribution >= 4 is 23.2 Å². The first-order valence-electron chi connectivity index (χ1n) is 6.43. The van der Waals surface area contributed by atoms with E-state index >= 15 is 0 Å². The highest BCUT2D eigenvalue weighted by molar-refractivity contribution is 6.29. The van der Waals surface area contributed by atoms with Gasteiger partial charge in [0, 0.05) is 11.3 Å². The Balaban J connectivity index is 2.03. The highest BCUT2D eigenvalue weighted by Gasteiger charge is 2.06. The van der Waals surface area contributed by atoms with Gasteiger partial charge in [-0.2, -0.15) is 0 Å². The Morgan fingerprint density at radius 2 is 2.05 bits per heavy atom. The van der Waals surface area contributed by atoms with Crippen LogP contribution in [0.5, 0.6) is 5.75 Å². The van der Waals surface area contributed by atoms with E-state index in [4.69, 9.17) is 16.3 Å². The summed E-state index contributed by atoms with van der Waals surface area (Å²) in [5.74, 6) is -0.0371. The quantitative estimate of drug-likeness (QED) is 0.851. The molecule has 0 unspecified atom stereocenters. The number of anilines is 1. The number of carbonyl (C=O) groups excluding carboxylic acids is 1. The Morgan fingerprint density at radius 3 is 2.71 bits per heavy atom. The minimum absolute atomic E-state index is 0.0923. The Bertz CT molecular complexity index is 646. The highest BCUT2D eigenvalue weighted by atomic mass is 35.5. The summed E-state index contributed by atoms with van der Waals surface area (Å²) in [6.45, 7) is 2.00. The van der Waals surface area contributed by atoms with E-state index in [1.165, 1.54) is 6.07 Å². The number of hydrogen-bond donors (Lipinski definition) is 1. The van der Waals surface area contributed by atoms with E-state index in [1.807, 2.05) is 6.92 Å². The van der Waals surface area contributed by atoms with Gasteiger partial charge in [-0.25, -0.2) is 4.39 Å². The van der Waals surface area contributed by atoms with E-state index in [1.54, 1.807) is 36.4 Å². The fourth-order valence-electron chi connectivity index (χ4n) is 1.83. The second-order valence-corrected chi connectivity index (χ2v) is 4.81. The molecule has 0 fully saturated rings. The van der Waals surface area contributed by atoms with Gasteiger partial charge in [0.1, 0.15) is 24.1 Å². The molecular formula is C16H15ClFNO2. The molecule has 0 spiro atoms. The molecule has 0 aliphatic carbocycles. The van der Waals surface area contributed by atoms with Gasteiger partial charge in [0.25, 0.3) is 0 Å². The number of nitrogens with one attached hydrogen (secondary N) is 1. The highest BCUT2D eigenvalue weighted by Crippen LogP contribution is 2.22. The van der Waals surface area contributed by atoms with E-state index in [9.17, 15) is 9.18 Å². The van der Waals surface area contributed by atoms with Gasteiger partial charge in [0.2, 0.25) is 5.91 Å². The predicted octanol–water partition coefficient (Wildman–Crippen LogP) is 3.89. The van der Waals surface area contributed by atoms with E-state index < -0.39 is 0 Å². The van der Waals surface area contributed by atoms with Crippen molar-refractivity contribution < 1.29 is 13.9 Å². The summed E-state index contributed by atoms with van der Waals surface area (Å²) in [5, 5.41) is 2.68. The van der Waals surface area contributed by atoms with Gasteiger partial charge in [0.15, 0.2) is 0 Å². The van der Waals surface area contributed by atoms with Crippen molar-refractivity contribution in [1.82, 2.24) is 0 Å². The van der Waals surface area contributed by atoms with Crippen molar-refractivity contribution in [2.75, 3.05) is 11.2 Å². The second kappa shape index (κ2) is 7.09. The molecule has 1 amide bonds. The third kappa shape index (κ3) is 4.20. The number of amides is 1. The molecule has 0 bridgehead atoms. The van der Waals surface area contributed by atoms with Crippen LogP contribution in [-0.4, -0.2) is 11.8 Å². The fourth-order valence-corrected chi connectivity index (χ4v) is 1.89. The van der Waals surface area contributed by atoms with Crippen LogP contribution >= 0.6 is 11.6 Å². The number of halogens is 2. The number of carbonyl (C=O) groups is 1. The molecular weight excluding hydrogens is 293 g/mol. The average Bonchev–Trinajstić information content (AvgIpc) is 2.48. The number of hydrogen-bond acceptors (Lipinski definition) is 2. The largest absolute Gasteiger partial charge is 0.489 e. The normalized spacial score (nSPS) is 10.2. The average molecular weight is 308 g/mol. The van der Waals surface area contributed by atoms with Crippen LogP contribution in [0.3, 0.4) is 0 Å². The zero-order valence-electron chi connectivity index (χ0n) is 11.5. The number of benzene rings is 2. The number of rotatable bonds is 5. The monoisotopic (exact) mass is 307 g/mol. The van der Waals surface area contributed by atoms with Crippen LogP contribution < -0.4 is 10.1 Å². The van der Waals surface area contributed by atoms with Crippen LogP contribution in [0.1, 0.15) is 11.1 Å². The first kappa shape index (κ1) is 15.3. The molecule has 1 N–H and O–H groups in total. The molecule has 0 atom stereocenters. The van der Waals surface area contributed by atoms with Crippen LogP contribution in [0, 0.1) is 12.7 Å². The molecule has 3 nitrogen and oxygen atoms in total. The molecule has 2 aromatic rings. The van der Waals surface area contributed by atoms with Crippen LogP contribution in [0.25, 0.3) is 0 Å². The smallest absolute Gasteiger partial charge is 0.239 e. The maximum Gasteiger partial charge on any atom is 0.239 e. The van der Waals surface area contributed by atoms with E-state index in [0.717, 1.165) is 5.56 Å². The molecule has 5 heteroatoms. The Labute approximate surface area is 127 Å². The molecule has 0 aliphatic rings. The summed E-state index contributed by atoms with van der Waals surface area (Å²) >= 11 is 5.45. The summed E-state index contributed by atoms with van der Waals surface area (Å²) in [5.41, 5.74) is 2.02. The SMILES string of the molecule is Cc1cc(OCc2ccccc2F)ccc1NC(=O)CCl. The molecule has 0 radical (unpaired) electrons. The molecule has 2 aromatic carbocycles. The van der Waals surface area contributed by atoms with E-state index in [2.05, 4.69) is 5.32 Å². The van der Waals surface area contributed by atoms with Gasteiger partial charge in [0.05, 0.1) is 0 Å². The van der Waals surface area contributed by atoms with Crippen molar-refractivity contribution in [3.63, 3.8) is 0 Å². The zero-order valence-corrected chi connectivity index (χ0v) is 12.3. The van der Waals surface area contributed by atoms with Crippen LogP contribution in [-0.2, 0) is 11.4 Å². The number of aryl methyl sites for hydroxylation is 1. The van der Waals surface area contributed by atoms with Crippen molar-refractivity contribution in [2.45, 2.75) is 13.5 Å². The van der Waals surface area contributed by atoms with Crippen molar-refractivity contribution in [2.24, 2.45) is 0 Å². The van der Waals surface area contributed by atoms with Gasteiger partial charge in [-0.3, -0.25) is 4.79 Å². The number of ether oxygens (including phenoxy) is 1. The maximum absolute atomic E-state index is 13.5. The minimum Gasteiger partial charge on any atom is -0.489 e. The summed E-state index contributed by atoms with van der Waals surface area (Å²) in [6.07, 6.45) is 0. The topological polar surface area (TPSA) is 38.3 Å². The molecule has 0 aliphatic heterocycles. The second-order valence-electron chi connectivity index (χ2n) is 4.54. The van der Waals surface area contributed by atoms with Crippen molar-refractivity contribution in [1.29, 1.82) is 0 Å². The Hall–Kier alpha value is -2.07. The van der Waals surface area contributed by atoms with Gasteiger partial charge >= 0.3 is 0 Å². The van der Waals surface area contributed by atoms with Gasteiger partial charge < -0.3 is 10.1 Å². The van der Waals surface area contributed by atoms with Gasteiger partial charge in [-0.05, 0) is 36.8 Å². The molecule has 110 valence electrons. The summed E-state index contributed by atoms with van der Waals surface area (Å²) in [7, 11) is 0. The van der Waals surface area contributed by atoms with Crippen LogP contribution in [0.4, 0.5) is 10.1 Å². The summed E-state index contributed by atoms with van der Waals surface area (Å²) in [6, 6.07) is 11.7. The van der Waals surface area contributed by atoms with Crippen molar-refractivity contribution in [3.8, 4) is 5.75 Å². The summed E-state index contributed by atoms with van der Waals surface area (Å²) < 4.78 is 19.0. The zero-order chi connectivity index (χ0) is 15.2. The minimum atomic E-state index is -0.291. The number of alkyl halides is 1. The molecule has 21 heavy (non-hydrogen) atoms. The fraction of sp³-hybridized carbons (Fsp3) is 0.188. The first-order chi connectivity index (χ1) is 10.1. The lowest BCUT2D eigenvalue weighted by atomic mass is 10.2. The predicted molar refractivity (Wildman–Crippen MR) is 81.3 cm³/mol. The van der Waals surface area contributed by atoms with Crippen molar-refractivity contribution in [3.05, 3.63) is 59.4 Å². The van der Waals surface area contributed by atoms with Crippen LogP contribution in [0.2, 0.25) is 0 Å². The lowest BCUT2D eigenvalue weighted by Crippen LogP contribution is -2.13. The van der Waals surface area contributed by atoms with Crippen LogP contribution in [0.15, 0.2) is 42.5 Å². The molecule has 0 heterocycles. The lowest BCUT2D eigenvalue weighted by Gasteiger charge is -2.11. The molecule has 2 rings (SSSR count). The van der Waals surface area contributed by atoms with Gasteiger partial charge in [-0.1, -0.05) is 18.2 Å². The summed E-state index contributed by atoms with van der Waals surface area (Å²) in [4.78, 5) is 11.3. The Kier molecular flexibility index (Phi) is 5.17. The maximum atomic E-state index is 13.5. The van der Waals surface area contributed by atoms with E-state index in [0.29, 0.717) is 17.0 Å². The van der Waals surface area contributed by atoms with E-state index in [-0.39, 0.29) is 24.2 Å². The van der Waals surface area contributed by atoms with Gasteiger partial charge in [-0.15, -0.1) is 11.6 Å². The first-order valence-corrected chi connectivity index (χ1v) is 6.96. The Morgan fingerprint density at radius 1 is 1.29 bits per heavy atom. The molecule has 0 aromatic heterocycles. The third-order valence-electron chi connectivity index (χ3n) is 2.95. The third-order valence-corrected chi connectivity index (χ3v) is 3.19.